The molecule has 0 spiro atoms. The number of nitrogens with two attached hydrogens (primary N) is 2. The Morgan fingerprint density at radius 2 is 2.03 bits per heavy atom. The van der Waals surface area contributed by atoms with Gasteiger partial charge in [-0.15, -0.1) is 11.3 Å². The van der Waals surface area contributed by atoms with Gasteiger partial charge in [0.15, 0.2) is 5.69 Å². The molecular formula is C20H27N5O3S2. The topological polar surface area (TPSA) is 131 Å². The summed E-state index contributed by atoms with van der Waals surface area (Å²) in [6.45, 7) is 2.15. The van der Waals surface area contributed by atoms with Crippen molar-refractivity contribution in [1.82, 2.24) is 14.6 Å². The minimum Gasteiger partial charge on any atom is -0.395 e. The predicted molar refractivity (Wildman–Crippen MR) is 118 cm³/mol. The van der Waals surface area contributed by atoms with E-state index < -0.39 is 17.9 Å². The maximum atomic E-state index is 13.4. The minimum atomic E-state index is -0.783. The molecule has 0 saturated heterocycles. The first-order chi connectivity index (χ1) is 14.4. The van der Waals surface area contributed by atoms with Crippen molar-refractivity contribution in [3.8, 4) is 0 Å². The molecule has 0 bridgehead atoms. The summed E-state index contributed by atoms with van der Waals surface area (Å²) in [5.41, 5.74) is 11.1. The van der Waals surface area contributed by atoms with Gasteiger partial charge >= 0.3 is 0 Å². The fourth-order valence-corrected chi connectivity index (χ4v) is 5.21. The molecule has 1 aliphatic rings. The predicted octanol–water partition coefficient (Wildman–Crippen LogP) is 2.76. The largest absolute Gasteiger partial charge is 0.395 e. The van der Waals surface area contributed by atoms with E-state index in [-0.39, 0.29) is 34.8 Å². The van der Waals surface area contributed by atoms with Gasteiger partial charge in [0, 0.05) is 10.9 Å². The summed E-state index contributed by atoms with van der Waals surface area (Å²) >= 11 is 2.34. The van der Waals surface area contributed by atoms with Gasteiger partial charge in [-0.1, -0.05) is 32.3 Å². The van der Waals surface area contributed by atoms with E-state index in [1.807, 2.05) is 24.4 Å². The van der Waals surface area contributed by atoms with Gasteiger partial charge in [0.05, 0.1) is 12.2 Å². The zero-order valence-corrected chi connectivity index (χ0v) is 18.6. The zero-order chi connectivity index (χ0) is 21.7. The SMILES string of the molecule is CCC(C(=O)NC1CCCCC1)N(Cc1cccs1)C(=O)c1snc(C(N)=O)c1N. The van der Waals surface area contributed by atoms with Gasteiger partial charge in [-0.3, -0.25) is 14.4 Å². The highest BCUT2D eigenvalue weighted by molar-refractivity contribution is 7.10. The van der Waals surface area contributed by atoms with Crippen LogP contribution in [0.4, 0.5) is 5.69 Å². The molecule has 0 radical (unpaired) electrons. The summed E-state index contributed by atoms with van der Waals surface area (Å²) < 4.78 is 3.94. The molecule has 0 aliphatic heterocycles. The highest BCUT2D eigenvalue weighted by atomic mass is 32.1. The molecule has 2 aromatic rings. The molecular weight excluding hydrogens is 422 g/mol. The van der Waals surface area contributed by atoms with E-state index in [9.17, 15) is 14.4 Å². The standard InChI is InChI=1S/C20H27N5O3S2/c1-2-14(19(27)23-12-7-4-3-5-8-12)25(11-13-9-6-10-29-13)20(28)17-15(21)16(18(22)26)24-30-17/h6,9-10,12,14H,2-5,7-8,11,21H2,1H3,(H2,22,26)(H,23,27). The van der Waals surface area contributed by atoms with Crippen LogP contribution < -0.4 is 16.8 Å². The molecule has 5 N–H and O–H groups in total. The summed E-state index contributed by atoms with van der Waals surface area (Å²) in [6.07, 6.45) is 5.78. The number of rotatable bonds is 8. The molecule has 1 unspecified atom stereocenters. The maximum Gasteiger partial charge on any atom is 0.270 e. The first kappa shape index (κ1) is 22.2. The number of primary amides is 1. The molecule has 8 nitrogen and oxygen atoms in total. The molecule has 2 aromatic heterocycles. The first-order valence-corrected chi connectivity index (χ1v) is 11.8. The van der Waals surface area contributed by atoms with E-state index in [4.69, 9.17) is 11.5 Å². The van der Waals surface area contributed by atoms with Gasteiger partial charge < -0.3 is 21.7 Å². The molecule has 1 saturated carbocycles. The number of hydrogen-bond acceptors (Lipinski definition) is 7. The number of nitrogens with zero attached hydrogens (tertiary/aromatic N) is 2. The Labute approximate surface area is 183 Å². The summed E-state index contributed by atoms with van der Waals surface area (Å²) in [7, 11) is 0. The van der Waals surface area contributed by atoms with Crippen LogP contribution >= 0.6 is 22.9 Å². The van der Waals surface area contributed by atoms with Crippen molar-refractivity contribution in [2.75, 3.05) is 5.73 Å². The van der Waals surface area contributed by atoms with E-state index in [1.165, 1.54) is 22.7 Å². The van der Waals surface area contributed by atoms with Crippen molar-refractivity contribution in [1.29, 1.82) is 0 Å². The fraction of sp³-hybridized carbons (Fsp3) is 0.500. The van der Waals surface area contributed by atoms with Gasteiger partial charge in [0.25, 0.3) is 11.8 Å². The van der Waals surface area contributed by atoms with Crippen LogP contribution in [-0.2, 0) is 11.3 Å². The second-order valence-electron chi connectivity index (χ2n) is 7.42. The molecule has 3 rings (SSSR count). The van der Waals surface area contributed by atoms with Crippen LogP contribution in [0.5, 0.6) is 0 Å². The third-order valence-corrected chi connectivity index (χ3v) is 7.05. The summed E-state index contributed by atoms with van der Waals surface area (Å²) in [5.74, 6) is -1.36. The number of anilines is 1. The van der Waals surface area contributed by atoms with Crippen LogP contribution in [0.3, 0.4) is 0 Å². The molecule has 1 fully saturated rings. The third-order valence-electron chi connectivity index (χ3n) is 5.34. The molecule has 0 aromatic carbocycles. The minimum absolute atomic E-state index is 0.0313. The van der Waals surface area contributed by atoms with Crippen LogP contribution in [0.2, 0.25) is 0 Å². The van der Waals surface area contributed by atoms with E-state index in [2.05, 4.69) is 9.69 Å². The van der Waals surface area contributed by atoms with E-state index >= 15 is 0 Å². The zero-order valence-electron chi connectivity index (χ0n) is 16.9. The number of nitrogens with one attached hydrogen (secondary N) is 1. The number of carbonyl (C=O) groups is 3. The lowest BCUT2D eigenvalue weighted by Gasteiger charge is -2.32. The van der Waals surface area contributed by atoms with Gasteiger partial charge in [0.2, 0.25) is 5.91 Å². The van der Waals surface area contributed by atoms with Crippen LogP contribution in [-0.4, -0.2) is 39.1 Å². The van der Waals surface area contributed by atoms with Crippen molar-refractivity contribution >= 4 is 46.3 Å². The Bertz CT molecular complexity index is 890. The van der Waals surface area contributed by atoms with Crippen molar-refractivity contribution in [3.05, 3.63) is 33.0 Å². The van der Waals surface area contributed by atoms with Crippen molar-refractivity contribution in [2.45, 2.75) is 64.1 Å². The quantitative estimate of drug-likeness (QED) is 0.570. The van der Waals surface area contributed by atoms with Crippen molar-refractivity contribution in [3.63, 3.8) is 0 Å². The summed E-state index contributed by atoms with van der Waals surface area (Å²) in [4.78, 5) is 40.6. The Morgan fingerprint density at radius 3 is 2.60 bits per heavy atom. The second kappa shape index (κ2) is 10.0. The molecule has 1 atom stereocenters. The van der Waals surface area contributed by atoms with E-state index in [1.54, 1.807) is 0 Å². The van der Waals surface area contributed by atoms with Crippen molar-refractivity contribution < 1.29 is 14.4 Å². The molecule has 1 aliphatic carbocycles. The maximum absolute atomic E-state index is 13.4. The second-order valence-corrected chi connectivity index (χ2v) is 9.22. The van der Waals surface area contributed by atoms with E-state index in [0.717, 1.165) is 42.1 Å². The lowest BCUT2D eigenvalue weighted by atomic mass is 9.95. The normalized spacial score (nSPS) is 15.5. The Balaban J connectivity index is 1.87. The van der Waals surface area contributed by atoms with Gasteiger partial charge in [-0.05, 0) is 42.2 Å². The highest BCUT2D eigenvalue weighted by Crippen LogP contribution is 2.27. The number of amides is 3. The smallest absolute Gasteiger partial charge is 0.270 e. The monoisotopic (exact) mass is 449 g/mol. The van der Waals surface area contributed by atoms with Crippen LogP contribution in [0, 0.1) is 0 Å². The average molecular weight is 450 g/mol. The van der Waals surface area contributed by atoms with Gasteiger partial charge in [-0.25, -0.2) is 0 Å². The Kier molecular flexibility index (Phi) is 7.43. The van der Waals surface area contributed by atoms with E-state index in [0.29, 0.717) is 6.42 Å². The first-order valence-electron chi connectivity index (χ1n) is 10.1. The number of thiophene rings is 1. The lowest BCUT2D eigenvalue weighted by Crippen LogP contribution is -2.51. The number of carbonyl (C=O) groups excluding carboxylic acids is 3. The average Bonchev–Trinajstić information content (AvgIpc) is 3.37. The van der Waals surface area contributed by atoms with Crippen LogP contribution in [0.1, 0.15) is 70.5 Å². The Morgan fingerprint density at radius 1 is 1.30 bits per heavy atom. The summed E-state index contributed by atoms with van der Waals surface area (Å²) in [5, 5.41) is 5.05. The Hall–Kier alpha value is -2.46. The van der Waals surface area contributed by atoms with Gasteiger partial charge in [0.1, 0.15) is 10.9 Å². The molecule has 162 valence electrons. The number of aromatic nitrogens is 1. The van der Waals surface area contributed by atoms with Crippen molar-refractivity contribution in [2.24, 2.45) is 5.73 Å². The number of nitrogen functional groups attached to an aromatic ring is 1. The highest BCUT2D eigenvalue weighted by Gasteiger charge is 2.33. The number of hydrogen-bond donors (Lipinski definition) is 3. The molecule has 3 amide bonds. The summed E-state index contributed by atoms with van der Waals surface area (Å²) in [6, 6.07) is 3.31. The van der Waals surface area contributed by atoms with Crippen LogP contribution in [0.15, 0.2) is 17.5 Å². The molecule has 10 heteroatoms. The third kappa shape index (κ3) is 4.99. The molecule has 30 heavy (non-hydrogen) atoms. The van der Waals surface area contributed by atoms with Gasteiger partial charge in [-0.2, -0.15) is 4.37 Å². The van der Waals surface area contributed by atoms with Crippen LogP contribution in [0.25, 0.3) is 0 Å². The lowest BCUT2D eigenvalue weighted by molar-refractivity contribution is -0.126. The fourth-order valence-electron chi connectivity index (χ4n) is 3.75. The molecule has 2 heterocycles.